The molecule has 0 radical (unpaired) electrons. The highest BCUT2D eigenvalue weighted by Gasteiger charge is 2.20. The summed E-state index contributed by atoms with van der Waals surface area (Å²) in [6.45, 7) is 1.87. The van der Waals surface area contributed by atoms with Crippen molar-refractivity contribution < 1.29 is 4.74 Å². The van der Waals surface area contributed by atoms with Crippen molar-refractivity contribution in [3.8, 4) is 11.9 Å². The summed E-state index contributed by atoms with van der Waals surface area (Å²) in [5, 5.41) is 8.88. The summed E-state index contributed by atoms with van der Waals surface area (Å²) in [5.74, 6) is 0.557. The van der Waals surface area contributed by atoms with Crippen LogP contribution in [0.1, 0.15) is 36.9 Å². The molecule has 0 saturated heterocycles. The molecule has 0 bridgehead atoms. The van der Waals surface area contributed by atoms with E-state index in [1.54, 1.807) is 12.1 Å². The summed E-state index contributed by atoms with van der Waals surface area (Å²) in [6.07, 6.45) is 4.14. The first-order valence-corrected chi connectivity index (χ1v) is 5.98. The van der Waals surface area contributed by atoms with E-state index in [9.17, 15) is 0 Å². The van der Waals surface area contributed by atoms with Crippen LogP contribution in [0.5, 0.6) is 5.88 Å². The number of aromatic nitrogens is 1. The average molecular weight is 231 g/mol. The van der Waals surface area contributed by atoms with Crippen molar-refractivity contribution in [3.63, 3.8) is 0 Å². The molecule has 0 amide bonds. The van der Waals surface area contributed by atoms with Gasteiger partial charge in [-0.15, -0.1) is 0 Å². The highest BCUT2D eigenvalue weighted by atomic mass is 16.5. The molecule has 0 aliphatic heterocycles. The molecule has 17 heavy (non-hydrogen) atoms. The van der Waals surface area contributed by atoms with Crippen molar-refractivity contribution in [2.45, 2.75) is 44.8 Å². The van der Waals surface area contributed by atoms with Gasteiger partial charge in [0.2, 0.25) is 5.88 Å². The highest BCUT2D eigenvalue weighted by molar-refractivity contribution is 5.34. The molecule has 1 aromatic rings. The number of pyridine rings is 1. The minimum Gasteiger partial charge on any atom is -0.474 e. The van der Waals surface area contributed by atoms with E-state index in [0.717, 1.165) is 31.4 Å². The largest absolute Gasteiger partial charge is 0.474 e. The zero-order chi connectivity index (χ0) is 12.3. The Morgan fingerprint density at radius 2 is 2.06 bits per heavy atom. The molecule has 90 valence electrons. The van der Waals surface area contributed by atoms with Crippen molar-refractivity contribution >= 4 is 0 Å². The van der Waals surface area contributed by atoms with Crippen LogP contribution in [0.15, 0.2) is 12.1 Å². The first kappa shape index (κ1) is 11.9. The number of rotatable bonds is 2. The average Bonchev–Trinajstić information content (AvgIpc) is 2.31. The maximum absolute atomic E-state index is 8.88. The fraction of sp³-hybridized carbons (Fsp3) is 0.538. The number of hydrogen-bond acceptors (Lipinski definition) is 4. The van der Waals surface area contributed by atoms with Gasteiger partial charge in [0.1, 0.15) is 6.10 Å². The third-order valence-electron chi connectivity index (χ3n) is 3.07. The maximum Gasteiger partial charge on any atom is 0.215 e. The maximum atomic E-state index is 8.88. The molecule has 1 saturated carbocycles. The van der Waals surface area contributed by atoms with Crippen LogP contribution in [0.25, 0.3) is 0 Å². The molecular weight excluding hydrogens is 214 g/mol. The molecule has 4 nitrogen and oxygen atoms in total. The van der Waals surface area contributed by atoms with E-state index in [1.165, 1.54) is 0 Å². The van der Waals surface area contributed by atoms with Crippen LogP contribution in [0.4, 0.5) is 0 Å². The lowest BCUT2D eigenvalue weighted by atomic mass is 9.94. The van der Waals surface area contributed by atoms with Gasteiger partial charge in [0.15, 0.2) is 0 Å². The van der Waals surface area contributed by atoms with Gasteiger partial charge in [0.25, 0.3) is 0 Å². The molecule has 0 atom stereocenters. The van der Waals surface area contributed by atoms with Gasteiger partial charge in [-0.2, -0.15) is 5.26 Å². The molecule has 0 aromatic carbocycles. The van der Waals surface area contributed by atoms with E-state index in [-0.39, 0.29) is 6.10 Å². The fourth-order valence-electron chi connectivity index (χ4n) is 2.14. The van der Waals surface area contributed by atoms with E-state index in [4.69, 9.17) is 15.7 Å². The van der Waals surface area contributed by atoms with E-state index in [1.807, 2.05) is 6.92 Å². The molecule has 1 fully saturated rings. The van der Waals surface area contributed by atoms with Gasteiger partial charge in [-0.1, -0.05) is 0 Å². The Morgan fingerprint density at radius 1 is 1.35 bits per heavy atom. The van der Waals surface area contributed by atoms with Gasteiger partial charge in [0, 0.05) is 17.8 Å². The van der Waals surface area contributed by atoms with Crippen molar-refractivity contribution in [3.05, 3.63) is 23.4 Å². The number of ether oxygens (including phenoxy) is 1. The predicted octanol–water partition coefficient (Wildman–Crippen LogP) is 1.91. The standard InChI is InChI=1S/C13H17N3O/c1-9-6-10(8-14)7-13(16-9)17-12-4-2-11(15)3-5-12/h6-7,11-12H,2-5,15H2,1H3. The molecule has 2 rings (SSSR count). The number of nitrogens with zero attached hydrogens (tertiary/aromatic N) is 2. The van der Waals surface area contributed by atoms with Gasteiger partial charge in [0.05, 0.1) is 11.6 Å². The van der Waals surface area contributed by atoms with Crippen LogP contribution in [0.2, 0.25) is 0 Å². The summed E-state index contributed by atoms with van der Waals surface area (Å²) in [5.41, 5.74) is 7.25. The van der Waals surface area contributed by atoms with Crippen LogP contribution in [0, 0.1) is 18.3 Å². The molecule has 0 spiro atoms. The second kappa shape index (κ2) is 5.15. The second-order valence-corrected chi connectivity index (χ2v) is 4.60. The lowest BCUT2D eigenvalue weighted by Gasteiger charge is -2.26. The summed E-state index contributed by atoms with van der Waals surface area (Å²) < 4.78 is 5.81. The molecule has 1 aliphatic rings. The minimum absolute atomic E-state index is 0.190. The predicted molar refractivity (Wildman–Crippen MR) is 64.5 cm³/mol. The molecule has 4 heteroatoms. The third-order valence-corrected chi connectivity index (χ3v) is 3.07. The SMILES string of the molecule is Cc1cc(C#N)cc(OC2CCC(N)CC2)n1. The lowest BCUT2D eigenvalue weighted by molar-refractivity contribution is 0.141. The Labute approximate surface area is 101 Å². The topological polar surface area (TPSA) is 71.9 Å². The fourth-order valence-corrected chi connectivity index (χ4v) is 2.14. The highest BCUT2D eigenvalue weighted by Crippen LogP contribution is 2.22. The van der Waals surface area contributed by atoms with Crippen LogP contribution in [0.3, 0.4) is 0 Å². The zero-order valence-corrected chi connectivity index (χ0v) is 10.0. The second-order valence-electron chi connectivity index (χ2n) is 4.60. The molecule has 1 heterocycles. The molecule has 1 aliphatic carbocycles. The van der Waals surface area contributed by atoms with Crippen molar-refractivity contribution in [2.75, 3.05) is 0 Å². The van der Waals surface area contributed by atoms with Gasteiger partial charge >= 0.3 is 0 Å². The monoisotopic (exact) mass is 231 g/mol. The molecule has 1 aromatic heterocycles. The molecular formula is C13H17N3O. The van der Waals surface area contributed by atoms with E-state index in [0.29, 0.717) is 17.5 Å². The van der Waals surface area contributed by atoms with E-state index < -0.39 is 0 Å². The summed E-state index contributed by atoms with van der Waals surface area (Å²) in [6, 6.07) is 5.88. The number of aryl methyl sites for hydroxylation is 1. The molecule has 2 N–H and O–H groups in total. The van der Waals surface area contributed by atoms with Crippen LogP contribution < -0.4 is 10.5 Å². The van der Waals surface area contributed by atoms with Gasteiger partial charge in [-0.25, -0.2) is 4.98 Å². The summed E-state index contributed by atoms with van der Waals surface area (Å²) >= 11 is 0. The summed E-state index contributed by atoms with van der Waals surface area (Å²) in [4.78, 5) is 4.29. The Balaban J connectivity index is 2.03. The van der Waals surface area contributed by atoms with Crippen LogP contribution in [-0.2, 0) is 0 Å². The van der Waals surface area contributed by atoms with Crippen LogP contribution in [-0.4, -0.2) is 17.1 Å². The minimum atomic E-state index is 0.190. The smallest absolute Gasteiger partial charge is 0.215 e. The van der Waals surface area contributed by atoms with Crippen molar-refractivity contribution in [1.29, 1.82) is 5.26 Å². The Kier molecular flexibility index (Phi) is 3.60. The first-order valence-electron chi connectivity index (χ1n) is 5.98. The normalized spacial score (nSPS) is 24.1. The Hall–Kier alpha value is -1.60. The first-order chi connectivity index (χ1) is 8.17. The van der Waals surface area contributed by atoms with E-state index >= 15 is 0 Å². The van der Waals surface area contributed by atoms with Crippen molar-refractivity contribution in [1.82, 2.24) is 4.98 Å². The van der Waals surface area contributed by atoms with E-state index in [2.05, 4.69) is 11.1 Å². The van der Waals surface area contributed by atoms with Crippen LogP contribution >= 0.6 is 0 Å². The van der Waals surface area contributed by atoms with Crippen molar-refractivity contribution in [2.24, 2.45) is 5.73 Å². The van der Waals surface area contributed by atoms with Gasteiger partial charge in [-0.05, 0) is 38.7 Å². The number of nitrogens with two attached hydrogens (primary N) is 1. The zero-order valence-electron chi connectivity index (χ0n) is 10.0. The quantitative estimate of drug-likeness (QED) is 0.843. The lowest BCUT2D eigenvalue weighted by Crippen LogP contribution is -2.31. The molecule has 0 unspecified atom stereocenters. The van der Waals surface area contributed by atoms with Gasteiger partial charge < -0.3 is 10.5 Å². The number of hydrogen-bond donors (Lipinski definition) is 1. The Morgan fingerprint density at radius 3 is 2.71 bits per heavy atom. The summed E-state index contributed by atoms with van der Waals surface area (Å²) in [7, 11) is 0. The number of nitriles is 1. The third kappa shape index (κ3) is 3.18. The van der Waals surface area contributed by atoms with Gasteiger partial charge in [-0.3, -0.25) is 0 Å². The Bertz CT molecular complexity index is 431.